The molecule has 1 aliphatic carbocycles. The molecule has 5 rings (SSSR count). The van der Waals surface area contributed by atoms with Gasteiger partial charge in [-0.2, -0.15) is 5.26 Å². The number of aromatic nitrogens is 2. The number of anilines is 2. The normalized spacial score (nSPS) is 20.5. The maximum atomic E-state index is 14.6. The molecule has 194 valence electrons. The Bertz CT molecular complexity index is 1260. The van der Waals surface area contributed by atoms with Crippen LogP contribution in [0.2, 0.25) is 0 Å². The molecule has 0 bridgehead atoms. The number of hydrogen-bond donors (Lipinski definition) is 2. The zero-order valence-corrected chi connectivity index (χ0v) is 21.4. The van der Waals surface area contributed by atoms with Crippen molar-refractivity contribution in [2.45, 2.75) is 50.7 Å². The Morgan fingerprint density at radius 2 is 1.92 bits per heavy atom. The second-order valence-electron chi connectivity index (χ2n) is 10.2. The van der Waals surface area contributed by atoms with Crippen molar-refractivity contribution in [3.05, 3.63) is 59.9 Å². The maximum absolute atomic E-state index is 14.6. The van der Waals surface area contributed by atoms with Gasteiger partial charge in [0, 0.05) is 50.1 Å². The van der Waals surface area contributed by atoms with Crippen molar-refractivity contribution >= 4 is 11.5 Å². The highest BCUT2D eigenvalue weighted by atomic mass is 19.1. The number of ether oxygens (including phenoxy) is 1. The minimum absolute atomic E-state index is 0.0308. The van der Waals surface area contributed by atoms with Gasteiger partial charge in [0.15, 0.2) is 0 Å². The summed E-state index contributed by atoms with van der Waals surface area (Å²) in [5.41, 5.74) is 9.68. The Morgan fingerprint density at radius 3 is 2.65 bits per heavy atom. The third-order valence-electron chi connectivity index (χ3n) is 7.70. The lowest BCUT2D eigenvalue weighted by Gasteiger charge is -2.33. The summed E-state index contributed by atoms with van der Waals surface area (Å²) < 4.78 is 22.0. The Morgan fingerprint density at radius 1 is 1.11 bits per heavy atom. The SMILES string of the molecule is COC1CCN(c2cccc(-n3nc(NC[C@H]4CCC[C@H](N)C4)cc3-c3ccc(C#N)c(F)c3)c2)CC1. The molecule has 7 nitrogen and oxygen atoms in total. The lowest BCUT2D eigenvalue weighted by Crippen LogP contribution is -2.36. The van der Waals surface area contributed by atoms with E-state index in [0.29, 0.717) is 17.6 Å². The first-order valence-corrected chi connectivity index (χ1v) is 13.2. The van der Waals surface area contributed by atoms with Crippen LogP contribution in [0.3, 0.4) is 0 Å². The van der Waals surface area contributed by atoms with Gasteiger partial charge in [-0.25, -0.2) is 9.07 Å². The van der Waals surface area contributed by atoms with Gasteiger partial charge in [0.1, 0.15) is 17.7 Å². The first-order valence-electron chi connectivity index (χ1n) is 13.2. The highest BCUT2D eigenvalue weighted by Crippen LogP contribution is 2.31. The maximum Gasteiger partial charge on any atom is 0.149 e. The molecule has 1 aliphatic heterocycles. The molecule has 0 amide bonds. The standard InChI is InChI=1S/C29H35FN6O/c1-37-26-10-12-35(13-11-26)24-6-3-7-25(16-24)36-28(21-8-9-22(18-31)27(30)15-21)17-29(34-36)33-19-20-4-2-5-23(32)14-20/h3,6-9,15-17,20,23,26H,2,4-5,10-14,19,32H2,1H3,(H,33,34)/t20-,23-/m0/s1. The van der Waals surface area contributed by atoms with Gasteiger partial charge in [0.25, 0.3) is 0 Å². The second kappa shape index (κ2) is 11.3. The van der Waals surface area contributed by atoms with E-state index < -0.39 is 5.82 Å². The molecular weight excluding hydrogens is 467 g/mol. The predicted octanol–water partition coefficient (Wildman–Crippen LogP) is 5.09. The van der Waals surface area contributed by atoms with E-state index in [1.165, 1.54) is 12.1 Å². The number of methoxy groups -OCH3 is 1. The summed E-state index contributed by atoms with van der Waals surface area (Å²) in [6.07, 6.45) is 6.75. The van der Waals surface area contributed by atoms with E-state index in [2.05, 4.69) is 22.3 Å². The van der Waals surface area contributed by atoms with Gasteiger partial charge >= 0.3 is 0 Å². The summed E-state index contributed by atoms with van der Waals surface area (Å²) in [6, 6.07) is 17.1. The number of benzene rings is 2. The summed E-state index contributed by atoms with van der Waals surface area (Å²) in [5, 5.41) is 17.6. The van der Waals surface area contributed by atoms with Gasteiger partial charge in [-0.3, -0.25) is 0 Å². The Kier molecular flexibility index (Phi) is 7.73. The number of hydrogen-bond acceptors (Lipinski definition) is 6. The van der Waals surface area contributed by atoms with E-state index in [4.69, 9.17) is 15.6 Å². The third kappa shape index (κ3) is 5.79. The molecule has 1 aromatic heterocycles. The molecule has 1 saturated carbocycles. The van der Waals surface area contributed by atoms with E-state index >= 15 is 0 Å². The van der Waals surface area contributed by atoms with Gasteiger partial charge in [0.05, 0.1) is 23.0 Å². The molecule has 2 fully saturated rings. The number of nitrogens with zero attached hydrogens (tertiary/aromatic N) is 4. The van der Waals surface area contributed by atoms with Crippen molar-refractivity contribution in [2.24, 2.45) is 11.7 Å². The van der Waals surface area contributed by atoms with Crippen molar-refractivity contribution in [1.29, 1.82) is 5.26 Å². The average molecular weight is 503 g/mol. The highest BCUT2D eigenvalue weighted by molar-refractivity contribution is 5.68. The molecule has 0 unspecified atom stereocenters. The lowest BCUT2D eigenvalue weighted by atomic mass is 9.86. The van der Waals surface area contributed by atoms with Crippen LogP contribution >= 0.6 is 0 Å². The van der Waals surface area contributed by atoms with E-state index in [1.54, 1.807) is 13.2 Å². The number of nitrogens with one attached hydrogen (secondary N) is 1. The molecule has 37 heavy (non-hydrogen) atoms. The number of rotatable bonds is 7. The van der Waals surface area contributed by atoms with Crippen LogP contribution < -0.4 is 16.0 Å². The zero-order valence-electron chi connectivity index (χ0n) is 21.4. The molecule has 3 aromatic rings. The van der Waals surface area contributed by atoms with Gasteiger partial charge in [0.2, 0.25) is 0 Å². The summed E-state index contributed by atoms with van der Waals surface area (Å²) in [4.78, 5) is 2.37. The molecule has 2 aliphatic rings. The quantitative estimate of drug-likeness (QED) is 0.467. The second-order valence-corrected chi connectivity index (χ2v) is 10.2. The van der Waals surface area contributed by atoms with Crippen molar-refractivity contribution in [3.63, 3.8) is 0 Å². The first-order chi connectivity index (χ1) is 18.0. The van der Waals surface area contributed by atoms with Crippen LogP contribution in [0.1, 0.15) is 44.1 Å². The Balaban J connectivity index is 1.45. The fourth-order valence-electron chi connectivity index (χ4n) is 5.57. The Hall–Kier alpha value is -3.41. The molecule has 0 spiro atoms. The average Bonchev–Trinajstić information content (AvgIpc) is 3.36. The van der Waals surface area contributed by atoms with E-state index in [9.17, 15) is 9.65 Å². The van der Waals surface area contributed by atoms with Crippen LogP contribution in [0.5, 0.6) is 0 Å². The van der Waals surface area contributed by atoms with Gasteiger partial charge in [-0.15, -0.1) is 5.10 Å². The van der Waals surface area contributed by atoms with Crippen molar-refractivity contribution in [2.75, 3.05) is 37.0 Å². The first kappa shape index (κ1) is 25.2. The predicted molar refractivity (Wildman–Crippen MR) is 144 cm³/mol. The third-order valence-corrected chi connectivity index (χ3v) is 7.70. The van der Waals surface area contributed by atoms with Crippen LogP contribution in [-0.2, 0) is 4.74 Å². The summed E-state index contributed by atoms with van der Waals surface area (Å²) in [5.74, 6) is 0.724. The summed E-state index contributed by atoms with van der Waals surface area (Å²) >= 11 is 0. The summed E-state index contributed by atoms with van der Waals surface area (Å²) in [7, 11) is 1.78. The van der Waals surface area contributed by atoms with Gasteiger partial charge < -0.3 is 20.7 Å². The fraction of sp³-hybridized carbons (Fsp3) is 0.448. The number of piperidine rings is 1. The van der Waals surface area contributed by atoms with Crippen LogP contribution in [-0.4, -0.2) is 48.7 Å². The zero-order chi connectivity index (χ0) is 25.8. The molecule has 0 radical (unpaired) electrons. The molecular formula is C29H35FN6O. The molecule has 1 saturated heterocycles. The lowest BCUT2D eigenvalue weighted by molar-refractivity contribution is 0.0819. The van der Waals surface area contributed by atoms with Gasteiger partial charge in [-0.1, -0.05) is 18.6 Å². The van der Waals surface area contributed by atoms with Crippen LogP contribution in [0.15, 0.2) is 48.5 Å². The molecule has 2 aromatic carbocycles. The number of halogens is 1. The van der Waals surface area contributed by atoms with Crippen molar-refractivity contribution in [1.82, 2.24) is 9.78 Å². The topological polar surface area (TPSA) is 92.1 Å². The Labute approximate surface area is 218 Å². The van der Waals surface area contributed by atoms with Crippen LogP contribution in [0.4, 0.5) is 15.9 Å². The van der Waals surface area contributed by atoms with Crippen LogP contribution in [0.25, 0.3) is 16.9 Å². The summed E-state index contributed by atoms with van der Waals surface area (Å²) in [6.45, 7) is 2.68. The van der Waals surface area contributed by atoms with E-state index in [0.717, 1.165) is 81.0 Å². The minimum Gasteiger partial charge on any atom is -0.381 e. The smallest absolute Gasteiger partial charge is 0.149 e. The number of nitriles is 1. The van der Waals surface area contributed by atoms with E-state index in [-0.39, 0.29) is 11.6 Å². The molecule has 2 atom stereocenters. The molecule has 8 heteroatoms. The van der Waals surface area contributed by atoms with Gasteiger partial charge in [-0.05, 0) is 68.4 Å². The molecule has 2 heterocycles. The minimum atomic E-state index is -0.534. The van der Waals surface area contributed by atoms with E-state index in [1.807, 2.05) is 29.0 Å². The van der Waals surface area contributed by atoms with Crippen molar-refractivity contribution < 1.29 is 9.13 Å². The van der Waals surface area contributed by atoms with Crippen molar-refractivity contribution in [3.8, 4) is 23.0 Å². The monoisotopic (exact) mass is 502 g/mol. The highest BCUT2D eigenvalue weighted by Gasteiger charge is 2.22. The number of nitrogens with two attached hydrogens (primary N) is 1. The largest absolute Gasteiger partial charge is 0.381 e. The van der Waals surface area contributed by atoms with Crippen LogP contribution in [0, 0.1) is 23.1 Å². The fourth-order valence-corrected chi connectivity index (χ4v) is 5.57. The molecule has 3 N–H and O–H groups in total.